The van der Waals surface area contributed by atoms with Gasteiger partial charge in [-0.15, -0.1) is 10.2 Å². The molecule has 26 heavy (non-hydrogen) atoms. The van der Waals surface area contributed by atoms with Crippen molar-refractivity contribution in [1.29, 1.82) is 0 Å². The highest BCUT2D eigenvalue weighted by molar-refractivity contribution is 5.57. The van der Waals surface area contributed by atoms with Crippen molar-refractivity contribution in [2.75, 3.05) is 33.3 Å². The summed E-state index contributed by atoms with van der Waals surface area (Å²) in [6.07, 6.45) is 6.72. The second-order valence-electron chi connectivity index (χ2n) is 7.02. The van der Waals surface area contributed by atoms with E-state index in [9.17, 15) is 0 Å². The molecule has 2 aromatic rings. The minimum absolute atomic E-state index is 0.545. The summed E-state index contributed by atoms with van der Waals surface area (Å²) in [7, 11) is 1.72. The summed E-state index contributed by atoms with van der Waals surface area (Å²) >= 11 is 0. The van der Waals surface area contributed by atoms with Crippen LogP contribution in [0.1, 0.15) is 36.0 Å². The number of piperidine rings is 1. The molecular weight excluding hydrogens is 326 g/mol. The molecule has 0 radical (unpaired) electrons. The Kier molecular flexibility index (Phi) is 5.32. The van der Waals surface area contributed by atoms with E-state index in [-0.39, 0.29) is 0 Å². The average Bonchev–Trinajstić information content (AvgIpc) is 3.13. The molecule has 3 heterocycles. The number of benzene rings is 1. The standard InChI is InChI=1S/C20H27N5O/c1-26-18-7-3-2-5-16(18)6-4-11-24-12-8-17(9-13-24)20-23-22-19-15-21-10-14-25(19)20/h2-7,17,21H,8-15H2,1H3/b6-4+. The van der Waals surface area contributed by atoms with Crippen LogP contribution in [0.2, 0.25) is 0 Å². The van der Waals surface area contributed by atoms with Crippen molar-refractivity contribution in [1.82, 2.24) is 25.0 Å². The Morgan fingerprint density at radius 3 is 2.88 bits per heavy atom. The Morgan fingerprint density at radius 2 is 2.04 bits per heavy atom. The van der Waals surface area contributed by atoms with Crippen LogP contribution in [0, 0.1) is 0 Å². The van der Waals surface area contributed by atoms with E-state index in [1.807, 2.05) is 18.2 Å². The van der Waals surface area contributed by atoms with E-state index in [4.69, 9.17) is 4.74 Å². The Morgan fingerprint density at radius 1 is 1.19 bits per heavy atom. The molecule has 2 aliphatic rings. The minimum Gasteiger partial charge on any atom is -0.496 e. The molecule has 0 saturated carbocycles. The summed E-state index contributed by atoms with van der Waals surface area (Å²) in [6.45, 7) is 6.07. The fourth-order valence-electron chi connectivity index (χ4n) is 3.92. The zero-order valence-corrected chi connectivity index (χ0v) is 15.4. The summed E-state index contributed by atoms with van der Waals surface area (Å²) in [5, 5.41) is 12.2. The van der Waals surface area contributed by atoms with Crippen LogP contribution in [-0.4, -0.2) is 53.0 Å². The van der Waals surface area contributed by atoms with E-state index in [1.54, 1.807) is 7.11 Å². The van der Waals surface area contributed by atoms with Crippen LogP contribution in [0.25, 0.3) is 6.08 Å². The van der Waals surface area contributed by atoms with Crippen LogP contribution >= 0.6 is 0 Å². The van der Waals surface area contributed by atoms with E-state index in [2.05, 4.69) is 43.2 Å². The summed E-state index contributed by atoms with van der Waals surface area (Å²) in [4.78, 5) is 2.51. The van der Waals surface area contributed by atoms with Gasteiger partial charge in [-0.05, 0) is 32.0 Å². The van der Waals surface area contributed by atoms with Crippen LogP contribution in [0.4, 0.5) is 0 Å². The molecule has 0 atom stereocenters. The number of nitrogens with zero attached hydrogens (tertiary/aromatic N) is 4. The zero-order chi connectivity index (χ0) is 17.8. The molecule has 1 aromatic carbocycles. The number of hydrogen-bond acceptors (Lipinski definition) is 5. The summed E-state index contributed by atoms with van der Waals surface area (Å²) in [6, 6.07) is 8.13. The maximum atomic E-state index is 5.40. The van der Waals surface area contributed by atoms with Gasteiger partial charge in [0.05, 0.1) is 13.7 Å². The van der Waals surface area contributed by atoms with Gasteiger partial charge < -0.3 is 14.6 Å². The normalized spacial score (nSPS) is 19.0. The molecule has 138 valence electrons. The zero-order valence-electron chi connectivity index (χ0n) is 15.4. The van der Waals surface area contributed by atoms with Gasteiger partial charge in [0.2, 0.25) is 0 Å². The Bertz CT molecular complexity index is 761. The van der Waals surface area contributed by atoms with Gasteiger partial charge in [-0.25, -0.2) is 0 Å². The summed E-state index contributed by atoms with van der Waals surface area (Å²) in [5.74, 6) is 3.76. The first-order chi connectivity index (χ1) is 12.8. The third kappa shape index (κ3) is 3.66. The van der Waals surface area contributed by atoms with Crippen LogP contribution < -0.4 is 10.1 Å². The largest absolute Gasteiger partial charge is 0.496 e. The lowest BCUT2D eigenvalue weighted by molar-refractivity contribution is 0.226. The predicted octanol–water partition coefficient (Wildman–Crippen LogP) is 2.28. The van der Waals surface area contributed by atoms with Crippen molar-refractivity contribution >= 4 is 6.08 Å². The van der Waals surface area contributed by atoms with Gasteiger partial charge in [0.1, 0.15) is 17.4 Å². The number of aromatic nitrogens is 3. The van der Waals surface area contributed by atoms with Gasteiger partial charge in [0.15, 0.2) is 0 Å². The molecule has 2 aliphatic heterocycles. The fraction of sp³-hybridized carbons (Fsp3) is 0.500. The molecule has 1 saturated heterocycles. The van der Waals surface area contributed by atoms with Crippen molar-refractivity contribution in [2.24, 2.45) is 0 Å². The number of fused-ring (bicyclic) bond motifs is 1. The number of para-hydroxylation sites is 1. The van der Waals surface area contributed by atoms with Gasteiger partial charge in [-0.1, -0.05) is 30.4 Å². The first kappa shape index (κ1) is 17.2. The van der Waals surface area contributed by atoms with Gasteiger partial charge in [-0.3, -0.25) is 4.90 Å². The van der Waals surface area contributed by atoms with Gasteiger partial charge >= 0.3 is 0 Å². The van der Waals surface area contributed by atoms with Gasteiger partial charge in [0.25, 0.3) is 0 Å². The molecule has 1 fully saturated rings. The molecule has 1 aromatic heterocycles. The van der Waals surface area contributed by atoms with Crippen molar-refractivity contribution in [3.63, 3.8) is 0 Å². The Balaban J connectivity index is 1.31. The van der Waals surface area contributed by atoms with Crippen molar-refractivity contribution < 1.29 is 4.74 Å². The first-order valence-corrected chi connectivity index (χ1v) is 9.50. The second-order valence-corrected chi connectivity index (χ2v) is 7.02. The summed E-state index contributed by atoms with van der Waals surface area (Å²) in [5.41, 5.74) is 1.13. The Hall–Kier alpha value is -2.18. The molecule has 1 N–H and O–H groups in total. The number of methoxy groups -OCH3 is 1. The van der Waals surface area contributed by atoms with Crippen LogP contribution in [-0.2, 0) is 13.1 Å². The molecule has 4 rings (SSSR count). The monoisotopic (exact) mass is 353 g/mol. The van der Waals surface area contributed by atoms with Crippen LogP contribution in [0.3, 0.4) is 0 Å². The maximum absolute atomic E-state index is 5.40. The third-order valence-electron chi connectivity index (χ3n) is 5.40. The van der Waals surface area contributed by atoms with Crippen molar-refractivity contribution in [3.05, 3.63) is 47.6 Å². The molecule has 0 spiro atoms. The van der Waals surface area contributed by atoms with E-state index in [1.165, 1.54) is 5.82 Å². The van der Waals surface area contributed by atoms with E-state index >= 15 is 0 Å². The molecule has 6 heteroatoms. The number of likely N-dealkylation sites (tertiary alicyclic amines) is 1. The number of rotatable bonds is 5. The number of ether oxygens (including phenoxy) is 1. The van der Waals surface area contributed by atoms with E-state index in [0.29, 0.717) is 5.92 Å². The van der Waals surface area contributed by atoms with Gasteiger partial charge in [0, 0.05) is 31.1 Å². The van der Waals surface area contributed by atoms with Crippen molar-refractivity contribution in [3.8, 4) is 5.75 Å². The SMILES string of the molecule is COc1ccccc1/C=C/CN1CCC(c2nnc3n2CCNC3)CC1. The fourth-order valence-corrected chi connectivity index (χ4v) is 3.92. The Labute approximate surface area is 154 Å². The highest BCUT2D eigenvalue weighted by atomic mass is 16.5. The third-order valence-corrected chi connectivity index (χ3v) is 5.40. The van der Waals surface area contributed by atoms with Crippen LogP contribution in [0.5, 0.6) is 5.75 Å². The molecule has 6 nitrogen and oxygen atoms in total. The quantitative estimate of drug-likeness (QED) is 0.894. The first-order valence-electron chi connectivity index (χ1n) is 9.50. The van der Waals surface area contributed by atoms with Crippen LogP contribution in [0.15, 0.2) is 30.3 Å². The highest BCUT2D eigenvalue weighted by Gasteiger charge is 2.26. The lowest BCUT2D eigenvalue weighted by Crippen LogP contribution is -2.35. The average molecular weight is 353 g/mol. The smallest absolute Gasteiger partial charge is 0.147 e. The lowest BCUT2D eigenvalue weighted by atomic mass is 9.95. The number of nitrogens with one attached hydrogen (secondary N) is 1. The summed E-state index contributed by atoms with van der Waals surface area (Å²) < 4.78 is 7.74. The molecule has 0 bridgehead atoms. The van der Waals surface area contributed by atoms with E-state index in [0.717, 1.165) is 69.2 Å². The van der Waals surface area contributed by atoms with Crippen molar-refractivity contribution in [2.45, 2.75) is 31.8 Å². The maximum Gasteiger partial charge on any atom is 0.147 e. The molecule has 0 aliphatic carbocycles. The predicted molar refractivity (Wildman–Crippen MR) is 102 cm³/mol. The highest BCUT2D eigenvalue weighted by Crippen LogP contribution is 2.28. The second kappa shape index (κ2) is 8.01. The molecule has 0 amide bonds. The topological polar surface area (TPSA) is 55.2 Å². The minimum atomic E-state index is 0.545. The number of hydrogen-bond donors (Lipinski definition) is 1. The lowest BCUT2D eigenvalue weighted by Gasteiger charge is -2.31. The molecular formula is C20H27N5O. The molecule has 0 unspecified atom stereocenters. The van der Waals surface area contributed by atoms with Gasteiger partial charge in [-0.2, -0.15) is 0 Å². The van der Waals surface area contributed by atoms with E-state index < -0.39 is 0 Å².